The van der Waals surface area contributed by atoms with Gasteiger partial charge in [-0.2, -0.15) is 4.57 Å². The number of ketones is 2. The largest absolute Gasteiger partial charge is 0.293 e. The van der Waals surface area contributed by atoms with Crippen LogP contribution >= 0.6 is 0 Å². The van der Waals surface area contributed by atoms with Gasteiger partial charge in [-0.15, -0.1) is 0 Å². The highest BCUT2D eigenvalue weighted by molar-refractivity contribution is 6.19. The fourth-order valence-corrected chi connectivity index (χ4v) is 5.40. The van der Waals surface area contributed by atoms with E-state index in [4.69, 9.17) is 0 Å². The predicted molar refractivity (Wildman–Crippen MR) is 167 cm³/mol. The Morgan fingerprint density at radius 1 is 0.476 bits per heavy atom. The van der Waals surface area contributed by atoms with E-state index in [1.165, 1.54) is 0 Å². The Labute approximate surface area is 246 Å². The molecule has 0 saturated heterocycles. The van der Waals surface area contributed by atoms with Crippen LogP contribution < -0.4 is 4.57 Å². The zero-order valence-corrected chi connectivity index (χ0v) is 23.1. The van der Waals surface area contributed by atoms with Crippen LogP contribution in [-0.4, -0.2) is 11.6 Å². The van der Waals surface area contributed by atoms with Crippen molar-refractivity contribution in [3.8, 4) is 22.4 Å². The third kappa shape index (κ3) is 5.72. The molecule has 0 aliphatic carbocycles. The maximum atomic E-state index is 14.4. The van der Waals surface area contributed by atoms with Gasteiger partial charge in [-0.1, -0.05) is 140 Å². The molecule has 0 spiro atoms. The third-order valence-corrected chi connectivity index (χ3v) is 7.50. The van der Waals surface area contributed by atoms with Crippen molar-refractivity contribution in [1.82, 2.24) is 0 Å². The van der Waals surface area contributed by atoms with Crippen molar-refractivity contribution < 1.29 is 14.2 Å². The fraction of sp³-hybridized carbons (Fsp3) is 0.0513. The molecule has 0 amide bonds. The standard InChI is InChI=1S/C39H30NO2/c41-38(32-22-12-4-13-23-32)37(39(42)33-24-14-5-15-25-33)36-27-34(30-18-8-2-9-19-30)26-35(31-20-10-3-11-21-31)40(36)28-29-16-6-1-7-17-29/h1-27,37H,28H2/q+1. The van der Waals surface area contributed by atoms with Crippen LogP contribution in [0.25, 0.3) is 22.4 Å². The van der Waals surface area contributed by atoms with Gasteiger partial charge in [0.1, 0.15) is 0 Å². The second kappa shape index (κ2) is 12.4. The molecule has 0 bridgehead atoms. The molecular weight excluding hydrogens is 514 g/mol. The Hall–Kier alpha value is -5.41. The first kappa shape index (κ1) is 26.8. The minimum absolute atomic E-state index is 0.226. The first-order valence-corrected chi connectivity index (χ1v) is 14.1. The van der Waals surface area contributed by atoms with Crippen LogP contribution in [0.15, 0.2) is 164 Å². The zero-order valence-electron chi connectivity index (χ0n) is 23.1. The molecular formula is C39H30NO2+. The van der Waals surface area contributed by atoms with Crippen LogP contribution in [-0.2, 0) is 6.54 Å². The second-order valence-corrected chi connectivity index (χ2v) is 10.3. The van der Waals surface area contributed by atoms with Gasteiger partial charge in [-0.3, -0.25) is 9.59 Å². The lowest BCUT2D eigenvalue weighted by Crippen LogP contribution is -2.45. The Bertz CT molecular complexity index is 1750. The summed E-state index contributed by atoms with van der Waals surface area (Å²) in [5.41, 5.74) is 6.64. The van der Waals surface area contributed by atoms with Crippen LogP contribution in [0, 0.1) is 0 Å². The molecule has 0 fully saturated rings. The molecule has 1 aromatic heterocycles. The lowest BCUT2D eigenvalue weighted by molar-refractivity contribution is -0.684. The first-order valence-electron chi connectivity index (χ1n) is 14.1. The van der Waals surface area contributed by atoms with Gasteiger partial charge >= 0.3 is 0 Å². The maximum Gasteiger partial charge on any atom is 0.213 e. The molecule has 0 unspecified atom stereocenters. The lowest BCUT2D eigenvalue weighted by atomic mass is 9.85. The number of hydrogen-bond donors (Lipinski definition) is 0. The highest BCUT2D eigenvalue weighted by Crippen LogP contribution is 2.31. The van der Waals surface area contributed by atoms with E-state index in [2.05, 4.69) is 47.0 Å². The summed E-state index contributed by atoms with van der Waals surface area (Å²) >= 11 is 0. The van der Waals surface area contributed by atoms with Crippen LogP contribution in [0.2, 0.25) is 0 Å². The quantitative estimate of drug-likeness (QED) is 0.105. The number of Topliss-reactive ketones (excluding diaryl/α,β-unsaturated/α-hetero) is 2. The number of aromatic nitrogens is 1. The van der Waals surface area contributed by atoms with Crippen LogP contribution in [0.3, 0.4) is 0 Å². The Morgan fingerprint density at radius 3 is 1.40 bits per heavy atom. The summed E-state index contributed by atoms with van der Waals surface area (Å²) in [5.74, 6) is -1.50. The molecule has 0 aliphatic rings. The summed E-state index contributed by atoms with van der Waals surface area (Å²) in [7, 11) is 0. The van der Waals surface area contributed by atoms with E-state index < -0.39 is 5.92 Å². The van der Waals surface area contributed by atoms with Gasteiger partial charge in [0, 0.05) is 34.4 Å². The van der Waals surface area contributed by atoms with Crippen molar-refractivity contribution in [3.05, 3.63) is 186 Å². The third-order valence-electron chi connectivity index (χ3n) is 7.50. The molecule has 3 heteroatoms. The van der Waals surface area contributed by atoms with E-state index in [-0.39, 0.29) is 11.6 Å². The minimum Gasteiger partial charge on any atom is -0.293 e. The molecule has 5 aromatic carbocycles. The van der Waals surface area contributed by atoms with Gasteiger partial charge < -0.3 is 0 Å². The summed E-state index contributed by atoms with van der Waals surface area (Å²) in [6, 6.07) is 52.9. The number of hydrogen-bond acceptors (Lipinski definition) is 2. The topological polar surface area (TPSA) is 38.0 Å². The van der Waals surface area contributed by atoms with Crippen LogP contribution in [0.1, 0.15) is 37.9 Å². The average molecular weight is 545 g/mol. The van der Waals surface area contributed by atoms with Gasteiger partial charge in [0.05, 0.1) is 0 Å². The monoisotopic (exact) mass is 544 g/mol. The SMILES string of the molecule is O=C(c1ccccc1)C(C(=O)c1ccccc1)c1cc(-c2ccccc2)cc(-c2ccccc2)[n+]1Cc1ccccc1. The van der Waals surface area contributed by atoms with E-state index in [1.807, 2.05) is 97.1 Å². The van der Waals surface area contributed by atoms with Crippen molar-refractivity contribution in [2.24, 2.45) is 0 Å². The molecule has 42 heavy (non-hydrogen) atoms. The number of carbonyl (C=O) groups is 2. The van der Waals surface area contributed by atoms with Gasteiger partial charge in [0.2, 0.25) is 11.4 Å². The molecule has 1 heterocycles. The maximum absolute atomic E-state index is 14.4. The Morgan fingerprint density at radius 2 is 0.905 bits per heavy atom. The van der Waals surface area contributed by atoms with E-state index in [0.717, 1.165) is 27.9 Å². The van der Waals surface area contributed by atoms with E-state index >= 15 is 0 Å². The molecule has 6 rings (SSSR count). The van der Waals surface area contributed by atoms with Gasteiger partial charge in [0.25, 0.3) is 0 Å². The van der Waals surface area contributed by atoms with Gasteiger partial charge in [-0.25, -0.2) is 0 Å². The highest BCUT2D eigenvalue weighted by Gasteiger charge is 2.38. The Kier molecular flexibility index (Phi) is 7.91. The van der Waals surface area contributed by atoms with Crippen molar-refractivity contribution in [3.63, 3.8) is 0 Å². The van der Waals surface area contributed by atoms with Crippen molar-refractivity contribution in [2.75, 3.05) is 0 Å². The molecule has 0 radical (unpaired) electrons. The first-order chi connectivity index (χ1) is 20.7. The summed E-state index contributed by atoms with van der Waals surface area (Å²) in [6.07, 6.45) is 0. The number of carbonyl (C=O) groups excluding carboxylic acids is 2. The zero-order chi connectivity index (χ0) is 28.7. The van der Waals surface area contributed by atoms with E-state index in [0.29, 0.717) is 23.4 Å². The highest BCUT2D eigenvalue weighted by atomic mass is 16.2. The molecule has 0 atom stereocenters. The van der Waals surface area contributed by atoms with E-state index in [1.54, 1.807) is 24.3 Å². The lowest BCUT2D eigenvalue weighted by Gasteiger charge is -2.19. The smallest absolute Gasteiger partial charge is 0.213 e. The summed E-state index contributed by atoms with van der Waals surface area (Å²) in [6.45, 7) is 0.496. The molecule has 3 nitrogen and oxygen atoms in total. The van der Waals surface area contributed by atoms with Crippen molar-refractivity contribution >= 4 is 11.6 Å². The second-order valence-electron chi connectivity index (χ2n) is 10.3. The summed E-state index contributed by atoms with van der Waals surface area (Å²) < 4.78 is 2.14. The summed E-state index contributed by atoms with van der Waals surface area (Å²) in [4.78, 5) is 28.9. The van der Waals surface area contributed by atoms with E-state index in [9.17, 15) is 9.59 Å². The molecule has 0 saturated carbocycles. The molecule has 0 N–H and O–H groups in total. The average Bonchev–Trinajstić information content (AvgIpc) is 3.07. The van der Waals surface area contributed by atoms with Gasteiger partial charge in [-0.05, 0) is 23.3 Å². The number of pyridine rings is 1. The van der Waals surface area contributed by atoms with Crippen LogP contribution in [0.4, 0.5) is 0 Å². The van der Waals surface area contributed by atoms with Gasteiger partial charge in [0.15, 0.2) is 24.0 Å². The number of benzene rings is 5. The Balaban J connectivity index is 1.66. The minimum atomic E-state index is -1.05. The fourth-order valence-electron chi connectivity index (χ4n) is 5.40. The number of nitrogens with zero attached hydrogens (tertiary/aromatic N) is 1. The molecule has 202 valence electrons. The normalized spacial score (nSPS) is 10.9. The molecule has 6 aromatic rings. The van der Waals surface area contributed by atoms with Crippen molar-refractivity contribution in [2.45, 2.75) is 12.5 Å². The van der Waals surface area contributed by atoms with Crippen LogP contribution in [0.5, 0.6) is 0 Å². The predicted octanol–water partition coefficient (Wildman–Crippen LogP) is 8.21. The number of rotatable bonds is 9. The molecule has 0 aliphatic heterocycles. The summed E-state index contributed by atoms with van der Waals surface area (Å²) in [5, 5.41) is 0. The van der Waals surface area contributed by atoms with Crippen molar-refractivity contribution in [1.29, 1.82) is 0 Å².